The van der Waals surface area contributed by atoms with Crippen LogP contribution in [-0.2, 0) is 24.2 Å². The maximum Gasteiger partial charge on any atom is 0.277 e. The molecule has 1 aliphatic carbocycles. The van der Waals surface area contributed by atoms with Crippen molar-refractivity contribution in [1.82, 2.24) is 19.9 Å². The van der Waals surface area contributed by atoms with Gasteiger partial charge >= 0.3 is 0 Å². The molecule has 0 bridgehead atoms. The van der Waals surface area contributed by atoms with E-state index in [1.807, 2.05) is 6.07 Å². The van der Waals surface area contributed by atoms with Crippen LogP contribution in [0.1, 0.15) is 58.7 Å². The summed E-state index contributed by atoms with van der Waals surface area (Å²) < 4.78 is 1.55. The molecule has 3 heterocycles. The molecule has 1 aliphatic heterocycles. The first-order valence-electron chi connectivity index (χ1n) is 11.4. The number of nitrogens with zero attached hydrogens (tertiary/aromatic N) is 3. The first-order chi connectivity index (χ1) is 15.9. The number of benzene rings is 1. The zero-order valence-electron chi connectivity index (χ0n) is 18.9. The van der Waals surface area contributed by atoms with Crippen LogP contribution in [0, 0.1) is 13.8 Å². The van der Waals surface area contributed by atoms with Crippen LogP contribution in [0.3, 0.4) is 0 Å². The fourth-order valence-corrected chi connectivity index (χ4v) is 5.04. The summed E-state index contributed by atoms with van der Waals surface area (Å²) in [5, 5.41) is 6.34. The van der Waals surface area contributed by atoms with Gasteiger partial charge in [0.2, 0.25) is 5.91 Å². The number of aromatic nitrogens is 3. The van der Waals surface area contributed by atoms with Crippen LogP contribution >= 0.6 is 0 Å². The number of nitrogens with two attached hydrogens (primary N) is 1. The lowest BCUT2D eigenvalue weighted by Crippen LogP contribution is -2.37. The maximum absolute atomic E-state index is 13.3. The molecule has 0 saturated carbocycles. The molecule has 8 nitrogen and oxygen atoms in total. The highest BCUT2D eigenvalue weighted by molar-refractivity contribution is 5.81. The molecular formula is C25H28N6O2. The third-order valence-electron chi connectivity index (χ3n) is 6.48. The molecule has 1 amide bonds. The molecule has 4 N–H and O–H groups in total. The molecule has 2 atom stereocenters. The number of nitrogens with one attached hydrogen (secondary N) is 2. The normalized spacial score (nSPS) is 18.6. The Morgan fingerprint density at radius 1 is 1.15 bits per heavy atom. The van der Waals surface area contributed by atoms with Crippen LogP contribution in [0.4, 0.5) is 11.5 Å². The maximum atomic E-state index is 13.3. The highest BCUT2D eigenvalue weighted by atomic mass is 16.2. The largest absolute Gasteiger partial charge is 0.384 e. The van der Waals surface area contributed by atoms with Crippen LogP contribution in [0.2, 0.25) is 0 Å². The second-order valence-electron chi connectivity index (χ2n) is 9.04. The monoisotopic (exact) mass is 444 g/mol. The van der Waals surface area contributed by atoms with Gasteiger partial charge in [-0.3, -0.25) is 14.2 Å². The predicted octanol–water partition coefficient (Wildman–Crippen LogP) is 2.74. The van der Waals surface area contributed by atoms with E-state index in [4.69, 9.17) is 5.73 Å². The van der Waals surface area contributed by atoms with Crippen molar-refractivity contribution in [3.05, 3.63) is 80.7 Å². The number of fused-ring (bicyclic) bond motifs is 2. The molecule has 3 aromatic rings. The van der Waals surface area contributed by atoms with E-state index >= 15 is 0 Å². The van der Waals surface area contributed by atoms with Crippen molar-refractivity contribution in [3.63, 3.8) is 0 Å². The number of hydrogen-bond donors (Lipinski definition) is 3. The Morgan fingerprint density at radius 2 is 1.94 bits per heavy atom. The van der Waals surface area contributed by atoms with Gasteiger partial charge in [-0.1, -0.05) is 35.4 Å². The lowest BCUT2D eigenvalue weighted by atomic mass is 10.1. The summed E-state index contributed by atoms with van der Waals surface area (Å²) in [7, 11) is 0. The van der Waals surface area contributed by atoms with Gasteiger partial charge < -0.3 is 16.4 Å². The standard InChI is InChI=1S/C25H28N6O2/c1-14-9-15(2)11-16(10-14)12-27-20-13-28-23-8-6-21(31(23)25(20)33)24(32)30-19-5-4-18-17(19)3-7-22(26)29-18/h3,7,9-11,13,19,21,27H,4-6,8,12H2,1-2H3,(H2,26,29)(H,30,32)/t19-,21+/m1/s1. The van der Waals surface area contributed by atoms with E-state index in [0.717, 1.165) is 29.7 Å². The van der Waals surface area contributed by atoms with E-state index in [9.17, 15) is 9.59 Å². The van der Waals surface area contributed by atoms with Gasteiger partial charge in [-0.15, -0.1) is 0 Å². The van der Waals surface area contributed by atoms with Crippen molar-refractivity contribution in [2.45, 2.75) is 58.2 Å². The highest BCUT2D eigenvalue weighted by Crippen LogP contribution is 2.32. The molecule has 0 spiro atoms. The Morgan fingerprint density at radius 3 is 2.73 bits per heavy atom. The molecule has 8 heteroatoms. The van der Waals surface area contributed by atoms with E-state index in [0.29, 0.717) is 36.7 Å². The summed E-state index contributed by atoms with van der Waals surface area (Å²) in [6.07, 6.45) is 4.31. The van der Waals surface area contributed by atoms with E-state index < -0.39 is 6.04 Å². The Balaban J connectivity index is 1.34. The van der Waals surface area contributed by atoms with Crippen molar-refractivity contribution in [2.24, 2.45) is 0 Å². The number of nitrogen functional groups attached to an aromatic ring is 1. The van der Waals surface area contributed by atoms with Gasteiger partial charge in [0.25, 0.3) is 5.56 Å². The molecule has 2 aliphatic rings. The van der Waals surface area contributed by atoms with Crippen molar-refractivity contribution in [1.29, 1.82) is 0 Å². The number of anilines is 2. The summed E-state index contributed by atoms with van der Waals surface area (Å²) in [4.78, 5) is 35.3. The zero-order valence-corrected chi connectivity index (χ0v) is 18.9. The number of pyridine rings is 1. The number of rotatable bonds is 5. The molecule has 0 fully saturated rings. The quantitative estimate of drug-likeness (QED) is 0.557. The molecule has 0 radical (unpaired) electrons. The smallest absolute Gasteiger partial charge is 0.277 e. The van der Waals surface area contributed by atoms with Gasteiger partial charge in [-0.05, 0) is 50.3 Å². The minimum Gasteiger partial charge on any atom is -0.384 e. The SMILES string of the molecule is Cc1cc(C)cc(CNc2cnc3n(c2=O)[C@H](C(=O)N[C@@H]2CCc4nc(N)ccc42)CC3)c1. The number of carbonyl (C=O) groups is 1. The number of aryl methyl sites for hydroxylation is 4. The van der Waals surface area contributed by atoms with E-state index in [1.54, 1.807) is 16.8 Å². The van der Waals surface area contributed by atoms with Crippen LogP contribution in [0.25, 0.3) is 0 Å². The van der Waals surface area contributed by atoms with E-state index in [1.165, 1.54) is 11.1 Å². The number of hydrogen-bond acceptors (Lipinski definition) is 6. The van der Waals surface area contributed by atoms with Crippen molar-refractivity contribution >= 4 is 17.4 Å². The Bertz CT molecular complexity index is 1280. The summed E-state index contributed by atoms with van der Waals surface area (Å²) in [6, 6.07) is 9.32. The predicted molar refractivity (Wildman–Crippen MR) is 127 cm³/mol. The summed E-state index contributed by atoms with van der Waals surface area (Å²) in [5.41, 5.74) is 11.4. The van der Waals surface area contributed by atoms with Gasteiger partial charge in [0, 0.05) is 18.7 Å². The third kappa shape index (κ3) is 4.08. The van der Waals surface area contributed by atoms with Crippen LogP contribution in [-0.4, -0.2) is 20.4 Å². The molecular weight excluding hydrogens is 416 g/mol. The second-order valence-corrected chi connectivity index (χ2v) is 9.04. The van der Waals surface area contributed by atoms with Crippen molar-refractivity contribution in [2.75, 3.05) is 11.1 Å². The Labute approximate surface area is 192 Å². The van der Waals surface area contributed by atoms with Crippen LogP contribution in [0.5, 0.6) is 0 Å². The Kier molecular flexibility index (Phi) is 5.36. The number of carbonyl (C=O) groups excluding carboxylic acids is 1. The topological polar surface area (TPSA) is 115 Å². The molecule has 170 valence electrons. The molecule has 33 heavy (non-hydrogen) atoms. The van der Waals surface area contributed by atoms with Gasteiger partial charge in [-0.2, -0.15) is 0 Å². The minimum atomic E-state index is -0.561. The minimum absolute atomic E-state index is 0.112. The molecule has 0 saturated heterocycles. The van der Waals surface area contributed by atoms with Gasteiger partial charge in [0.1, 0.15) is 23.4 Å². The van der Waals surface area contributed by atoms with Gasteiger partial charge in [0.15, 0.2) is 0 Å². The van der Waals surface area contributed by atoms with E-state index in [2.05, 4.69) is 52.6 Å². The molecule has 2 aromatic heterocycles. The van der Waals surface area contributed by atoms with Gasteiger partial charge in [-0.25, -0.2) is 9.97 Å². The fraction of sp³-hybridized carbons (Fsp3) is 0.360. The third-order valence-corrected chi connectivity index (χ3v) is 6.48. The average molecular weight is 445 g/mol. The average Bonchev–Trinajstić information content (AvgIpc) is 3.37. The highest BCUT2D eigenvalue weighted by Gasteiger charge is 2.34. The van der Waals surface area contributed by atoms with E-state index in [-0.39, 0.29) is 17.5 Å². The first-order valence-corrected chi connectivity index (χ1v) is 11.4. The molecule has 0 unspecified atom stereocenters. The zero-order chi connectivity index (χ0) is 23.1. The summed E-state index contributed by atoms with van der Waals surface area (Å²) in [5.74, 6) is 0.987. The lowest BCUT2D eigenvalue weighted by Gasteiger charge is -2.19. The lowest BCUT2D eigenvalue weighted by molar-refractivity contribution is -0.125. The van der Waals surface area contributed by atoms with Crippen molar-refractivity contribution in [3.8, 4) is 0 Å². The fourth-order valence-electron chi connectivity index (χ4n) is 5.04. The molecule has 5 rings (SSSR count). The summed E-state index contributed by atoms with van der Waals surface area (Å²) in [6.45, 7) is 4.63. The molecule has 1 aromatic carbocycles. The summed E-state index contributed by atoms with van der Waals surface area (Å²) >= 11 is 0. The van der Waals surface area contributed by atoms with Crippen LogP contribution in [0.15, 0.2) is 41.3 Å². The Hall–Kier alpha value is -3.68. The number of amides is 1. The first kappa shape index (κ1) is 21.2. The van der Waals surface area contributed by atoms with Crippen LogP contribution < -0.4 is 21.9 Å². The van der Waals surface area contributed by atoms with Gasteiger partial charge in [0.05, 0.1) is 12.2 Å². The van der Waals surface area contributed by atoms with Crippen molar-refractivity contribution < 1.29 is 4.79 Å². The second kappa shape index (κ2) is 8.35.